The molecule has 1 saturated carbocycles. The molecule has 1 aliphatic heterocycles. The number of nitrogen functional groups attached to an aromatic ring is 1. The lowest BCUT2D eigenvalue weighted by atomic mass is 9.60. The number of terminal acetylenes is 1. The quantitative estimate of drug-likeness (QED) is 0.621. The van der Waals surface area contributed by atoms with Gasteiger partial charge in [0.25, 0.3) is 5.91 Å². The third kappa shape index (κ3) is 3.59. The van der Waals surface area contributed by atoms with Gasteiger partial charge in [0, 0.05) is 36.3 Å². The molecule has 0 atom stereocenters. The van der Waals surface area contributed by atoms with Gasteiger partial charge >= 0.3 is 0 Å². The second-order valence-corrected chi connectivity index (χ2v) is 8.45. The summed E-state index contributed by atoms with van der Waals surface area (Å²) in [7, 11) is 0. The number of hydrogen-bond donors (Lipinski definition) is 2. The minimum absolute atomic E-state index is 0.184. The van der Waals surface area contributed by atoms with Crippen molar-refractivity contribution in [2.45, 2.75) is 25.4 Å². The molecule has 3 N–H and O–H groups in total. The topological polar surface area (TPSA) is 102 Å². The van der Waals surface area contributed by atoms with Crippen molar-refractivity contribution in [2.24, 2.45) is 5.41 Å². The predicted molar refractivity (Wildman–Crippen MR) is 118 cm³/mol. The van der Waals surface area contributed by atoms with Crippen molar-refractivity contribution in [3.63, 3.8) is 0 Å². The molecule has 2 aromatic heterocycles. The molecule has 3 aromatic rings. The molecule has 0 bridgehead atoms. The van der Waals surface area contributed by atoms with Crippen molar-refractivity contribution >= 4 is 17.5 Å². The van der Waals surface area contributed by atoms with Gasteiger partial charge in [-0.05, 0) is 24.3 Å². The molecule has 8 nitrogen and oxygen atoms in total. The van der Waals surface area contributed by atoms with Crippen LogP contribution >= 0.6 is 0 Å². The highest BCUT2D eigenvalue weighted by Crippen LogP contribution is 2.49. The summed E-state index contributed by atoms with van der Waals surface area (Å²) in [6.45, 7) is 2.15. The fraction of sp³-hybridized carbons (Fsp3) is 0.304. The second-order valence-electron chi connectivity index (χ2n) is 8.45. The monoisotopic (exact) mass is 413 g/mol. The standard InChI is InChI=1S/C23H23N7O/c1-2-19(31)29-13-23(14-29)8-18(9-23)28-22-20(21(24)25-15-26-22)17-10-27-30(12-17)11-16-6-4-3-5-7-16/h1,3-7,10,12,15,18H,8-9,11,13-14H2,(H3,24,25,26,28). The first kappa shape index (κ1) is 19.1. The number of carbonyl (C=O) groups excluding carboxylic acids is 1. The predicted octanol–water partition coefficient (Wildman–Crippen LogP) is 2.01. The van der Waals surface area contributed by atoms with Crippen LogP contribution in [-0.4, -0.2) is 49.7 Å². The van der Waals surface area contributed by atoms with Gasteiger partial charge in [0.2, 0.25) is 0 Å². The third-order valence-electron chi connectivity index (χ3n) is 6.15. The third-order valence-corrected chi connectivity index (χ3v) is 6.15. The largest absolute Gasteiger partial charge is 0.383 e. The summed E-state index contributed by atoms with van der Waals surface area (Å²) in [5.41, 5.74) is 9.21. The number of hydrogen-bond acceptors (Lipinski definition) is 6. The minimum Gasteiger partial charge on any atom is -0.383 e. The van der Waals surface area contributed by atoms with E-state index in [0.29, 0.717) is 18.2 Å². The molecule has 8 heteroatoms. The van der Waals surface area contributed by atoms with Gasteiger partial charge < -0.3 is 16.0 Å². The van der Waals surface area contributed by atoms with Crippen LogP contribution in [0.25, 0.3) is 11.1 Å². The van der Waals surface area contributed by atoms with Crippen LogP contribution < -0.4 is 11.1 Å². The summed E-state index contributed by atoms with van der Waals surface area (Å²) in [5, 5.41) is 8.00. The average Bonchev–Trinajstić information content (AvgIpc) is 3.17. The zero-order valence-corrected chi connectivity index (χ0v) is 17.0. The summed E-state index contributed by atoms with van der Waals surface area (Å²) >= 11 is 0. The van der Waals surface area contributed by atoms with E-state index in [1.165, 1.54) is 11.9 Å². The smallest absolute Gasteiger partial charge is 0.298 e. The van der Waals surface area contributed by atoms with Gasteiger partial charge in [-0.1, -0.05) is 30.3 Å². The van der Waals surface area contributed by atoms with E-state index in [-0.39, 0.29) is 17.4 Å². The van der Waals surface area contributed by atoms with Gasteiger partial charge in [0.05, 0.1) is 18.3 Å². The van der Waals surface area contributed by atoms with Crippen LogP contribution in [0.3, 0.4) is 0 Å². The van der Waals surface area contributed by atoms with E-state index < -0.39 is 0 Å². The van der Waals surface area contributed by atoms with Gasteiger partial charge in [0.1, 0.15) is 18.0 Å². The molecule has 31 heavy (non-hydrogen) atoms. The number of rotatable bonds is 5. The molecular formula is C23H23N7O. The number of nitrogens with two attached hydrogens (primary N) is 1. The maximum absolute atomic E-state index is 11.6. The van der Waals surface area contributed by atoms with Gasteiger partial charge in [-0.25, -0.2) is 9.97 Å². The molecule has 156 valence electrons. The molecule has 2 aliphatic rings. The maximum atomic E-state index is 11.6. The Morgan fingerprint density at radius 2 is 2.03 bits per heavy atom. The first-order chi connectivity index (χ1) is 15.0. The van der Waals surface area contributed by atoms with E-state index in [1.807, 2.05) is 29.1 Å². The van der Waals surface area contributed by atoms with Crippen LogP contribution in [-0.2, 0) is 11.3 Å². The summed E-state index contributed by atoms with van der Waals surface area (Å²) in [6.07, 6.45) is 12.4. The van der Waals surface area contributed by atoms with E-state index in [9.17, 15) is 4.79 Å². The van der Waals surface area contributed by atoms with Crippen molar-refractivity contribution in [3.8, 4) is 23.5 Å². The fourth-order valence-electron chi connectivity index (χ4n) is 4.68. The van der Waals surface area contributed by atoms with Crippen LogP contribution in [0.1, 0.15) is 18.4 Å². The highest BCUT2D eigenvalue weighted by molar-refractivity contribution is 5.93. The van der Waals surface area contributed by atoms with E-state index in [2.05, 4.69) is 38.4 Å². The Labute approximate surface area is 180 Å². The zero-order chi connectivity index (χ0) is 21.4. The number of aromatic nitrogens is 4. The Morgan fingerprint density at radius 3 is 2.77 bits per heavy atom. The average molecular weight is 413 g/mol. The first-order valence-corrected chi connectivity index (χ1v) is 10.2. The summed E-state index contributed by atoms with van der Waals surface area (Å²) in [4.78, 5) is 21.9. The van der Waals surface area contributed by atoms with Crippen LogP contribution in [0, 0.1) is 17.8 Å². The molecule has 0 radical (unpaired) electrons. The molecule has 5 rings (SSSR count). The molecule has 1 aromatic carbocycles. The SMILES string of the molecule is C#CC(=O)N1CC2(CC(Nc3ncnc(N)c3-c3cnn(Cc4ccccc4)c3)C2)C1. The van der Waals surface area contributed by atoms with Gasteiger partial charge in [-0.3, -0.25) is 9.48 Å². The molecule has 1 aliphatic carbocycles. The zero-order valence-electron chi connectivity index (χ0n) is 17.0. The van der Waals surface area contributed by atoms with Crippen molar-refractivity contribution < 1.29 is 4.79 Å². The fourth-order valence-corrected chi connectivity index (χ4v) is 4.68. The molecule has 1 saturated heterocycles. The lowest BCUT2D eigenvalue weighted by Gasteiger charge is -2.58. The normalized spacial score (nSPS) is 16.9. The number of nitrogens with zero attached hydrogens (tertiary/aromatic N) is 5. The lowest BCUT2D eigenvalue weighted by Crippen LogP contribution is -2.66. The van der Waals surface area contributed by atoms with Crippen molar-refractivity contribution in [1.29, 1.82) is 0 Å². The molecule has 0 unspecified atom stereocenters. The summed E-state index contributed by atoms with van der Waals surface area (Å²) in [5.74, 6) is 3.09. The Kier molecular flexibility index (Phi) is 4.59. The number of nitrogens with one attached hydrogen (secondary N) is 1. The summed E-state index contributed by atoms with van der Waals surface area (Å²) < 4.78 is 1.88. The number of amides is 1. The Bertz CT molecular complexity index is 1150. The number of benzene rings is 1. The van der Waals surface area contributed by atoms with Gasteiger partial charge in [-0.2, -0.15) is 5.10 Å². The molecule has 3 heterocycles. The van der Waals surface area contributed by atoms with E-state index >= 15 is 0 Å². The number of carbonyl (C=O) groups is 1. The second kappa shape index (κ2) is 7.43. The van der Waals surface area contributed by atoms with Crippen LogP contribution in [0.5, 0.6) is 0 Å². The van der Waals surface area contributed by atoms with E-state index in [0.717, 1.165) is 37.1 Å². The van der Waals surface area contributed by atoms with Crippen LogP contribution in [0.4, 0.5) is 11.6 Å². The molecular weight excluding hydrogens is 390 g/mol. The van der Waals surface area contributed by atoms with Crippen LogP contribution in [0.15, 0.2) is 49.1 Å². The van der Waals surface area contributed by atoms with E-state index in [4.69, 9.17) is 12.2 Å². The Hall–Kier alpha value is -3.86. The molecule has 1 amide bonds. The lowest BCUT2D eigenvalue weighted by molar-refractivity contribution is -0.144. The summed E-state index contributed by atoms with van der Waals surface area (Å²) in [6, 6.07) is 10.4. The Morgan fingerprint density at radius 1 is 1.26 bits per heavy atom. The number of likely N-dealkylation sites (tertiary alicyclic amines) is 1. The molecule has 1 spiro atoms. The molecule has 2 fully saturated rings. The maximum Gasteiger partial charge on any atom is 0.298 e. The van der Waals surface area contributed by atoms with Crippen molar-refractivity contribution in [1.82, 2.24) is 24.6 Å². The Balaban J connectivity index is 1.28. The highest BCUT2D eigenvalue weighted by Gasteiger charge is 2.53. The van der Waals surface area contributed by atoms with Crippen LogP contribution in [0.2, 0.25) is 0 Å². The first-order valence-electron chi connectivity index (χ1n) is 10.2. The van der Waals surface area contributed by atoms with Gasteiger partial charge in [0.15, 0.2) is 0 Å². The van der Waals surface area contributed by atoms with Crippen molar-refractivity contribution in [3.05, 3.63) is 54.6 Å². The minimum atomic E-state index is -0.222. The van der Waals surface area contributed by atoms with E-state index in [1.54, 1.807) is 11.1 Å². The highest BCUT2D eigenvalue weighted by atomic mass is 16.2. The number of anilines is 2. The van der Waals surface area contributed by atoms with Crippen molar-refractivity contribution in [2.75, 3.05) is 24.1 Å². The van der Waals surface area contributed by atoms with Gasteiger partial charge in [-0.15, -0.1) is 6.42 Å².